The summed E-state index contributed by atoms with van der Waals surface area (Å²) in [5.74, 6) is -0.295. The number of nitrogens with zero attached hydrogens (tertiary/aromatic N) is 1. The molecule has 1 aliphatic rings. The highest BCUT2D eigenvalue weighted by molar-refractivity contribution is 6.73. The van der Waals surface area contributed by atoms with Crippen LogP contribution in [0.3, 0.4) is 0 Å². The molecule has 1 rings (SSSR count). The van der Waals surface area contributed by atoms with Gasteiger partial charge >= 0.3 is 6.09 Å². The van der Waals surface area contributed by atoms with Gasteiger partial charge in [0, 0.05) is 0 Å². The van der Waals surface area contributed by atoms with Crippen LogP contribution in [0, 0.1) is 0 Å². The third-order valence-corrected chi connectivity index (χ3v) is 9.65. The van der Waals surface area contributed by atoms with Crippen molar-refractivity contribution in [3.05, 3.63) is 11.6 Å². The molecule has 0 radical (unpaired) electrons. The van der Waals surface area contributed by atoms with Crippen molar-refractivity contribution < 1.29 is 18.8 Å². The molecule has 144 valence electrons. The summed E-state index contributed by atoms with van der Waals surface area (Å²) in [6.07, 6.45) is 1.34. The largest absolute Gasteiger partial charge is 0.443 e. The molecule has 2 amide bonds. The zero-order chi connectivity index (χ0) is 19.6. The molecular weight excluding hydrogens is 334 g/mol. The van der Waals surface area contributed by atoms with Gasteiger partial charge in [-0.15, -0.1) is 0 Å². The number of rotatable bonds is 6. The van der Waals surface area contributed by atoms with Crippen LogP contribution < -0.4 is 0 Å². The summed E-state index contributed by atoms with van der Waals surface area (Å²) in [4.78, 5) is 26.6. The van der Waals surface area contributed by atoms with Crippen LogP contribution in [0.2, 0.25) is 18.1 Å². The van der Waals surface area contributed by atoms with Gasteiger partial charge < -0.3 is 9.16 Å². The topological polar surface area (TPSA) is 55.8 Å². The standard InChI is InChI=1S/C19H35NO4Si/c1-10-25(11-2,12-3)24-19(9)15(13-14(4)5)20(16(19)21)17(22)23-18(6,7)8/h13,15H,10-12H2,1-9H3/t15-,19+/m0/s1. The molecule has 0 saturated carbocycles. The first-order valence-corrected chi connectivity index (χ1v) is 11.8. The van der Waals surface area contributed by atoms with Crippen LogP contribution in [0.5, 0.6) is 0 Å². The first-order chi connectivity index (χ1) is 11.4. The summed E-state index contributed by atoms with van der Waals surface area (Å²) in [6, 6.07) is 2.45. The fourth-order valence-electron chi connectivity index (χ4n) is 3.25. The van der Waals surface area contributed by atoms with Crippen LogP contribution in [0.15, 0.2) is 11.6 Å². The van der Waals surface area contributed by atoms with Crippen LogP contribution in [0.4, 0.5) is 4.79 Å². The van der Waals surface area contributed by atoms with E-state index in [-0.39, 0.29) is 5.91 Å². The first-order valence-electron chi connectivity index (χ1n) is 9.27. The molecular formula is C19H35NO4Si. The fourth-order valence-corrected chi connectivity index (χ4v) is 6.29. The van der Waals surface area contributed by atoms with Gasteiger partial charge in [-0.05, 0) is 59.7 Å². The molecule has 0 bridgehead atoms. The molecule has 1 aliphatic heterocycles. The van der Waals surface area contributed by atoms with Crippen molar-refractivity contribution >= 4 is 20.3 Å². The van der Waals surface area contributed by atoms with E-state index in [0.717, 1.165) is 23.7 Å². The molecule has 0 aromatic heterocycles. The highest BCUT2D eigenvalue weighted by Gasteiger charge is 2.63. The van der Waals surface area contributed by atoms with E-state index in [9.17, 15) is 9.59 Å². The van der Waals surface area contributed by atoms with E-state index in [4.69, 9.17) is 9.16 Å². The average Bonchev–Trinajstić information content (AvgIpc) is 2.50. The number of imide groups is 1. The second-order valence-corrected chi connectivity index (χ2v) is 13.0. The molecule has 6 heteroatoms. The molecule has 0 unspecified atom stereocenters. The predicted octanol–water partition coefficient (Wildman–Crippen LogP) is 4.88. The minimum atomic E-state index is -2.00. The van der Waals surface area contributed by atoms with Gasteiger partial charge in [0.15, 0.2) is 13.9 Å². The molecule has 5 nitrogen and oxygen atoms in total. The summed E-state index contributed by atoms with van der Waals surface area (Å²) < 4.78 is 12.0. The molecule has 0 aromatic carbocycles. The first kappa shape index (κ1) is 21.9. The molecule has 0 aromatic rings. The van der Waals surface area contributed by atoms with Gasteiger partial charge in [-0.25, -0.2) is 9.69 Å². The highest BCUT2D eigenvalue weighted by Crippen LogP contribution is 2.41. The SMILES string of the molecule is CC[Si](CC)(CC)O[C@@]1(C)C(=O)N(C(=O)OC(C)(C)C)[C@H]1C=C(C)C. The van der Waals surface area contributed by atoms with Gasteiger partial charge in [-0.3, -0.25) is 4.79 Å². The van der Waals surface area contributed by atoms with Gasteiger partial charge in [0.25, 0.3) is 5.91 Å². The zero-order valence-electron chi connectivity index (χ0n) is 17.4. The predicted molar refractivity (Wildman–Crippen MR) is 103 cm³/mol. The number of allylic oxidation sites excluding steroid dienone is 1. The Balaban J connectivity index is 3.18. The van der Waals surface area contributed by atoms with Gasteiger partial charge in [0.2, 0.25) is 0 Å². The molecule has 2 atom stereocenters. The van der Waals surface area contributed by atoms with Crippen molar-refractivity contribution in [1.29, 1.82) is 0 Å². The lowest BCUT2D eigenvalue weighted by atomic mass is 9.83. The second-order valence-electron chi connectivity index (χ2n) is 8.30. The molecule has 0 N–H and O–H groups in total. The monoisotopic (exact) mass is 369 g/mol. The van der Waals surface area contributed by atoms with Crippen molar-refractivity contribution in [3.63, 3.8) is 0 Å². The Labute approximate surface area is 153 Å². The van der Waals surface area contributed by atoms with Crippen molar-refractivity contribution in [3.8, 4) is 0 Å². The van der Waals surface area contributed by atoms with Crippen LogP contribution >= 0.6 is 0 Å². The molecule has 0 spiro atoms. The Morgan fingerprint density at radius 2 is 1.68 bits per heavy atom. The summed E-state index contributed by atoms with van der Waals surface area (Å²) in [7, 11) is -2.00. The van der Waals surface area contributed by atoms with Crippen molar-refractivity contribution in [1.82, 2.24) is 4.90 Å². The van der Waals surface area contributed by atoms with Crippen LogP contribution in [0.1, 0.15) is 62.3 Å². The van der Waals surface area contributed by atoms with E-state index in [0.29, 0.717) is 0 Å². The number of hydrogen-bond donors (Lipinski definition) is 0. The van der Waals surface area contributed by atoms with E-state index in [1.165, 1.54) is 4.90 Å². The minimum Gasteiger partial charge on any atom is -0.443 e. The third kappa shape index (κ3) is 4.53. The van der Waals surface area contributed by atoms with Gasteiger partial charge in [-0.1, -0.05) is 32.4 Å². The van der Waals surface area contributed by atoms with Crippen molar-refractivity contribution in [2.75, 3.05) is 0 Å². The molecule has 1 heterocycles. The average molecular weight is 370 g/mol. The van der Waals surface area contributed by atoms with Gasteiger partial charge in [0.1, 0.15) is 5.60 Å². The van der Waals surface area contributed by atoms with Crippen LogP contribution in [-0.2, 0) is 14.0 Å². The Bertz CT molecular complexity index is 536. The van der Waals surface area contributed by atoms with Crippen molar-refractivity contribution in [2.24, 2.45) is 0 Å². The van der Waals surface area contributed by atoms with E-state index < -0.39 is 31.7 Å². The number of hydrogen-bond acceptors (Lipinski definition) is 4. The third-order valence-electron chi connectivity index (χ3n) is 4.93. The van der Waals surface area contributed by atoms with E-state index in [1.807, 2.05) is 26.8 Å². The van der Waals surface area contributed by atoms with Gasteiger partial charge in [-0.2, -0.15) is 0 Å². The molecule has 0 aliphatic carbocycles. The molecule has 1 saturated heterocycles. The maximum absolute atomic E-state index is 12.9. The van der Waals surface area contributed by atoms with Crippen molar-refractivity contribution in [2.45, 2.75) is 97.7 Å². The Hall–Kier alpha value is -1.14. The number of amides is 2. The fraction of sp³-hybridized carbons (Fsp3) is 0.789. The smallest absolute Gasteiger partial charge is 0.417 e. The summed E-state index contributed by atoms with van der Waals surface area (Å²) in [5.41, 5.74) is -0.589. The molecule has 1 fully saturated rings. The summed E-state index contributed by atoms with van der Waals surface area (Å²) in [5, 5.41) is 0. The van der Waals surface area contributed by atoms with E-state index in [2.05, 4.69) is 20.8 Å². The maximum Gasteiger partial charge on any atom is 0.417 e. The Kier molecular flexibility index (Phi) is 6.67. The van der Waals surface area contributed by atoms with Crippen LogP contribution in [0.25, 0.3) is 0 Å². The number of carbonyl (C=O) groups is 2. The van der Waals surface area contributed by atoms with E-state index in [1.54, 1.807) is 20.8 Å². The maximum atomic E-state index is 12.9. The van der Waals surface area contributed by atoms with Crippen LogP contribution in [-0.4, -0.2) is 42.5 Å². The number of likely N-dealkylation sites (tertiary alicyclic amines) is 1. The zero-order valence-corrected chi connectivity index (χ0v) is 18.4. The number of carbonyl (C=O) groups excluding carboxylic acids is 2. The van der Waals surface area contributed by atoms with E-state index >= 15 is 0 Å². The lowest BCUT2D eigenvalue weighted by molar-refractivity contribution is -0.175. The Morgan fingerprint density at radius 1 is 1.20 bits per heavy atom. The number of ether oxygens (including phenoxy) is 1. The lowest BCUT2D eigenvalue weighted by Crippen LogP contribution is -2.76. The molecule has 25 heavy (non-hydrogen) atoms. The number of β-lactam (4-membered cyclic amide) rings is 1. The quantitative estimate of drug-likeness (QED) is 0.380. The lowest BCUT2D eigenvalue weighted by Gasteiger charge is -2.54. The van der Waals surface area contributed by atoms with Gasteiger partial charge in [0.05, 0.1) is 6.04 Å². The second kappa shape index (κ2) is 7.62. The Morgan fingerprint density at radius 3 is 2.04 bits per heavy atom. The normalized spacial score (nSPS) is 24.0. The minimum absolute atomic E-state index is 0.295. The highest BCUT2D eigenvalue weighted by atomic mass is 28.4. The summed E-state index contributed by atoms with van der Waals surface area (Å²) >= 11 is 0. The summed E-state index contributed by atoms with van der Waals surface area (Å²) in [6.45, 7) is 17.5.